The SMILES string of the molecule is Cc1ccc(S(=O)(=O)N(CCc2ccccc2)C(=O)O)cc1. The van der Waals surface area contributed by atoms with Crippen LogP contribution in [0, 0.1) is 6.92 Å². The first-order chi connectivity index (χ1) is 10.4. The van der Waals surface area contributed by atoms with Gasteiger partial charge in [-0.25, -0.2) is 17.5 Å². The zero-order valence-corrected chi connectivity index (χ0v) is 13.0. The maximum Gasteiger partial charge on any atom is 0.421 e. The monoisotopic (exact) mass is 319 g/mol. The summed E-state index contributed by atoms with van der Waals surface area (Å²) >= 11 is 0. The average Bonchev–Trinajstić information content (AvgIpc) is 2.48. The van der Waals surface area contributed by atoms with Crippen molar-refractivity contribution < 1.29 is 18.3 Å². The van der Waals surface area contributed by atoms with Crippen LogP contribution in [0.3, 0.4) is 0 Å². The largest absolute Gasteiger partial charge is 0.464 e. The molecule has 22 heavy (non-hydrogen) atoms. The molecule has 0 bridgehead atoms. The van der Waals surface area contributed by atoms with Crippen molar-refractivity contribution in [3.8, 4) is 0 Å². The highest BCUT2D eigenvalue weighted by Gasteiger charge is 2.28. The second kappa shape index (κ2) is 6.62. The molecular weight excluding hydrogens is 302 g/mol. The molecule has 0 saturated carbocycles. The second-order valence-corrected chi connectivity index (χ2v) is 6.77. The number of benzene rings is 2. The third-order valence-electron chi connectivity index (χ3n) is 3.27. The molecule has 0 aromatic heterocycles. The van der Waals surface area contributed by atoms with E-state index in [1.807, 2.05) is 37.3 Å². The van der Waals surface area contributed by atoms with E-state index >= 15 is 0 Å². The minimum atomic E-state index is -4.05. The van der Waals surface area contributed by atoms with Crippen LogP contribution in [0.2, 0.25) is 0 Å². The van der Waals surface area contributed by atoms with Gasteiger partial charge in [0.05, 0.1) is 4.90 Å². The molecule has 0 saturated heterocycles. The van der Waals surface area contributed by atoms with Gasteiger partial charge in [0.25, 0.3) is 10.0 Å². The van der Waals surface area contributed by atoms with Gasteiger partial charge in [-0.3, -0.25) is 0 Å². The van der Waals surface area contributed by atoms with Crippen LogP contribution in [0.1, 0.15) is 11.1 Å². The Balaban J connectivity index is 2.23. The molecule has 5 nitrogen and oxygen atoms in total. The molecule has 1 amide bonds. The molecule has 0 aliphatic heterocycles. The minimum Gasteiger partial charge on any atom is -0.464 e. The van der Waals surface area contributed by atoms with E-state index in [9.17, 15) is 18.3 Å². The maximum atomic E-state index is 12.5. The van der Waals surface area contributed by atoms with E-state index in [2.05, 4.69) is 0 Å². The molecule has 6 heteroatoms. The van der Waals surface area contributed by atoms with Crippen LogP contribution in [0.5, 0.6) is 0 Å². The summed E-state index contributed by atoms with van der Waals surface area (Å²) < 4.78 is 25.4. The van der Waals surface area contributed by atoms with E-state index in [0.717, 1.165) is 11.1 Å². The number of carbonyl (C=O) groups is 1. The summed E-state index contributed by atoms with van der Waals surface area (Å²) in [6.07, 6.45) is -1.14. The Morgan fingerprint density at radius 3 is 2.18 bits per heavy atom. The molecule has 0 spiro atoms. The molecule has 0 radical (unpaired) electrons. The maximum absolute atomic E-state index is 12.5. The van der Waals surface area contributed by atoms with Gasteiger partial charge in [0.2, 0.25) is 0 Å². The Bertz CT molecular complexity index is 739. The Labute approximate surface area is 129 Å². The van der Waals surface area contributed by atoms with Crippen molar-refractivity contribution >= 4 is 16.1 Å². The molecule has 0 fully saturated rings. The van der Waals surface area contributed by atoms with E-state index in [1.165, 1.54) is 12.1 Å². The predicted molar refractivity (Wildman–Crippen MR) is 83.2 cm³/mol. The van der Waals surface area contributed by atoms with Crippen molar-refractivity contribution in [2.45, 2.75) is 18.2 Å². The molecule has 0 aliphatic rings. The van der Waals surface area contributed by atoms with E-state index in [4.69, 9.17) is 0 Å². The van der Waals surface area contributed by atoms with Crippen molar-refractivity contribution in [1.29, 1.82) is 0 Å². The van der Waals surface area contributed by atoms with Gasteiger partial charge < -0.3 is 5.11 Å². The van der Waals surface area contributed by atoms with Gasteiger partial charge in [0, 0.05) is 6.54 Å². The Kier molecular flexibility index (Phi) is 4.82. The van der Waals surface area contributed by atoms with E-state index in [-0.39, 0.29) is 11.4 Å². The highest BCUT2D eigenvalue weighted by molar-refractivity contribution is 7.89. The number of aryl methyl sites for hydroxylation is 1. The van der Waals surface area contributed by atoms with E-state index < -0.39 is 16.1 Å². The minimum absolute atomic E-state index is 0.0199. The number of sulfonamides is 1. The van der Waals surface area contributed by atoms with Gasteiger partial charge in [0.15, 0.2) is 0 Å². The fourth-order valence-electron chi connectivity index (χ4n) is 2.03. The van der Waals surface area contributed by atoms with Crippen LogP contribution >= 0.6 is 0 Å². The van der Waals surface area contributed by atoms with Gasteiger partial charge in [0.1, 0.15) is 0 Å². The quantitative estimate of drug-likeness (QED) is 0.919. The Hall–Kier alpha value is -2.34. The van der Waals surface area contributed by atoms with Gasteiger partial charge in [-0.1, -0.05) is 48.0 Å². The average molecular weight is 319 g/mol. The smallest absolute Gasteiger partial charge is 0.421 e. The van der Waals surface area contributed by atoms with Crippen molar-refractivity contribution in [2.24, 2.45) is 0 Å². The fourth-order valence-corrected chi connectivity index (χ4v) is 3.30. The molecule has 116 valence electrons. The molecule has 0 atom stereocenters. The van der Waals surface area contributed by atoms with Crippen LogP contribution in [-0.2, 0) is 16.4 Å². The van der Waals surface area contributed by atoms with Gasteiger partial charge in [-0.2, -0.15) is 0 Å². The Morgan fingerprint density at radius 2 is 1.64 bits per heavy atom. The number of hydrogen-bond donors (Lipinski definition) is 1. The van der Waals surface area contributed by atoms with E-state index in [1.54, 1.807) is 12.1 Å². The van der Waals surface area contributed by atoms with Crippen molar-refractivity contribution in [1.82, 2.24) is 4.31 Å². The van der Waals surface area contributed by atoms with Crippen LogP contribution in [-0.4, -0.2) is 30.5 Å². The molecule has 0 aliphatic carbocycles. The lowest BCUT2D eigenvalue weighted by Crippen LogP contribution is -2.37. The highest BCUT2D eigenvalue weighted by Crippen LogP contribution is 2.17. The lowest BCUT2D eigenvalue weighted by molar-refractivity contribution is 0.172. The van der Waals surface area contributed by atoms with Crippen LogP contribution in [0.25, 0.3) is 0 Å². The summed E-state index contributed by atoms with van der Waals surface area (Å²) in [6.45, 7) is 1.72. The lowest BCUT2D eigenvalue weighted by Gasteiger charge is -2.19. The van der Waals surface area contributed by atoms with Crippen molar-refractivity contribution in [2.75, 3.05) is 6.54 Å². The zero-order chi connectivity index (χ0) is 16.2. The third-order valence-corrected chi connectivity index (χ3v) is 5.06. The fraction of sp³-hybridized carbons (Fsp3) is 0.188. The molecular formula is C16H17NO4S. The Morgan fingerprint density at radius 1 is 1.05 bits per heavy atom. The normalized spacial score (nSPS) is 11.1. The molecule has 2 rings (SSSR count). The summed E-state index contributed by atoms with van der Waals surface area (Å²) in [5.41, 5.74) is 1.79. The summed E-state index contributed by atoms with van der Waals surface area (Å²) in [6, 6.07) is 15.3. The van der Waals surface area contributed by atoms with Crippen LogP contribution in [0.4, 0.5) is 4.79 Å². The number of amides is 1. The first-order valence-electron chi connectivity index (χ1n) is 6.77. The topological polar surface area (TPSA) is 74.7 Å². The summed E-state index contributed by atoms with van der Waals surface area (Å²) in [5, 5.41) is 9.25. The standard InChI is InChI=1S/C16H17NO4S/c1-13-7-9-15(10-8-13)22(20,21)17(16(18)19)12-11-14-5-3-2-4-6-14/h2-10H,11-12H2,1H3,(H,18,19). The third kappa shape index (κ3) is 3.65. The second-order valence-electron chi connectivity index (χ2n) is 4.91. The number of nitrogens with zero attached hydrogens (tertiary/aromatic N) is 1. The van der Waals surface area contributed by atoms with Gasteiger partial charge >= 0.3 is 6.09 Å². The summed E-state index contributed by atoms with van der Waals surface area (Å²) in [7, 11) is -4.05. The number of carboxylic acid groups (broad SMARTS) is 1. The summed E-state index contributed by atoms with van der Waals surface area (Å²) in [4.78, 5) is 11.3. The molecule has 1 N–H and O–H groups in total. The van der Waals surface area contributed by atoms with Crippen LogP contribution in [0.15, 0.2) is 59.5 Å². The van der Waals surface area contributed by atoms with E-state index in [0.29, 0.717) is 10.7 Å². The number of rotatable bonds is 5. The zero-order valence-electron chi connectivity index (χ0n) is 12.1. The molecule has 2 aromatic rings. The lowest BCUT2D eigenvalue weighted by atomic mass is 10.1. The van der Waals surface area contributed by atoms with Crippen molar-refractivity contribution in [3.05, 3.63) is 65.7 Å². The first-order valence-corrected chi connectivity index (χ1v) is 8.21. The van der Waals surface area contributed by atoms with Crippen molar-refractivity contribution in [3.63, 3.8) is 0 Å². The molecule has 2 aromatic carbocycles. The number of hydrogen-bond acceptors (Lipinski definition) is 3. The van der Waals surface area contributed by atoms with Crippen LogP contribution < -0.4 is 0 Å². The molecule has 0 unspecified atom stereocenters. The highest BCUT2D eigenvalue weighted by atomic mass is 32.2. The van der Waals surface area contributed by atoms with Gasteiger partial charge in [-0.05, 0) is 31.0 Å². The molecule has 0 heterocycles. The predicted octanol–water partition coefficient (Wildman–Crippen LogP) is 2.91. The first kappa shape index (κ1) is 16.0. The van der Waals surface area contributed by atoms with Gasteiger partial charge in [-0.15, -0.1) is 0 Å². The summed E-state index contributed by atoms with van der Waals surface area (Å²) in [5.74, 6) is 0.